The van der Waals surface area contributed by atoms with Gasteiger partial charge in [-0.15, -0.1) is 0 Å². The van der Waals surface area contributed by atoms with Gasteiger partial charge in [-0.3, -0.25) is 0 Å². The number of benzene rings is 2. The average Bonchev–Trinajstić information content (AvgIpc) is 2.55. The highest BCUT2D eigenvalue weighted by Crippen LogP contribution is 2.36. The number of ether oxygens (including phenoxy) is 3. The molecule has 0 aliphatic rings. The highest BCUT2D eigenvalue weighted by Gasteiger charge is 2.14. The van der Waals surface area contributed by atoms with Gasteiger partial charge in [-0.25, -0.2) is 4.98 Å². The number of aryl methyl sites for hydroxylation is 1. The fourth-order valence-electron chi connectivity index (χ4n) is 2.20. The van der Waals surface area contributed by atoms with E-state index < -0.39 is 0 Å². The molecular weight excluding hydrogens is 316 g/mol. The molecule has 0 spiro atoms. The number of nitrogens with zero attached hydrogens (tertiary/aromatic N) is 2. The molecule has 118 valence electrons. The summed E-state index contributed by atoms with van der Waals surface area (Å²) in [5.74, 6) is 2.17. The van der Waals surface area contributed by atoms with E-state index in [0.717, 1.165) is 5.56 Å². The summed E-state index contributed by atoms with van der Waals surface area (Å²) in [6.07, 6.45) is 0. The Labute approximate surface area is 138 Å². The molecule has 0 saturated heterocycles. The summed E-state index contributed by atoms with van der Waals surface area (Å²) < 4.78 is 16.5. The van der Waals surface area contributed by atoms with Gasteiger partial charge in [0.1, 0.15) is 5.75 Å². The first-order valence-corrected chi connectivity index (χ1v) is 7.32. The zero-order valence-electron chi connectivity index (χ0n) is 13.0. The van der Waals surface area contributed by atoms with Crippen molar-refractivity contribution in [2.75, 3.05) is 14.2 Å². The van der Waals surface area contributed by atoms with E-state index in [-0.39, 0.29) is 5.28 Å². The lowest BCUT2D eigenvalue weighted by atomic mass is 10.2. The van der Waals surface area contributed by atoms with E-state index in [4.69, 9.17) is 25.8 Å². The van der Waals surface area contributed by atoms with Gasteiger partial charge in [0, 0.05) is 6.07 Å². The zero-order valence-corrected chi connectivity index (χ0v) is 13.7. The first kappa shape index (κ1) is 15.4. The maximum absolute atomic E-state index is 6.01. The molecular formula is C17H15ClN2O3. The second-order valence-electron chi connectivity index (χ2n) is 4.94. The van der Waals surface area contributed by atoms with Crippen molar-refractivity contribution in [2.24, 2.45) is 0 Å². The van der Waals surface area contributed by atoms with E-state index in [1.165, 1.54) is 0 Å². The monoisotopic (exact) mass is 330 g/mol. The molecule has 0 saturated carbocycles. The van der Waals surface area contributed by atoms with Crippen LogP contribution in [-0.4, -0.2) is 24.2 Å². The normalized spacial score (nSPS) is 10.6. The SMILES string of the molecule is COc1cc2nc(Cl)nc(Oc3ccc(C)cc3)c2cc1OC. The molecule has 0 aliphatic carbocycles. The molecule has 1 heterocycles. The molecule has 0 bridgehead atoms. The van der Waals surface area contributed by atoms with Crippen LogP contribution in [0.3, 0.4) is 0 Å². The maximum atomic E-state index is 6.01. The van der Waals surface area contributed by atoms with Crippen molar-refractivity contribution in [2.45, 2.75) is 6.92 Å². The lowest BCUT2D eigenvalue weighted by molar-refractivity contribution is 0.355. The highest BCUT2D eigenvalue weighted by atomic mass is 35.5. The molecule has 5 nitrogen and oxygen atoms in total. The Kier molecular flexibility index (Phi) is 4.21. The Balaban J connectivity index is 2.13. The van der Waals surface area contributed by atoms with E-state index in [9.17, 15) is 0 Å². The molecule has 0 amide bonds. The summed E-state index contributed by atoms with van der Waals surface area (Å²) in [5, 5.41) is 0.791. The van der Waals surface area contributed by atoms with E-state index in [2.05, 4.69) is 9.97 Å². The van der Waals surface area contributed by atoms with Crippen LogP contribution in [0, 0.1) is 6.92 Å². The molecule has 0 N–H and O–H groups in total. The highest BCUT2D eigenvalue weighted by molar-refractivity contribution is 6.28. The van der Waals surface area contributed by atoms with E-state index in [1.54, 1.807) is 26.4 Å². The average molecular weight is 331 g/mol. The van der Waals surface area contributed by atoms with Crippen LogP contribution in [-0.2, 0) is 0 Å². The number of rotatable bonds is 4. The first-order valence-electron chi connectivity index (χ1n) is 6.94. The van der Waals surface area contributed by atoms with Gasteiger partial charge < -0.3 is 14.2 Å². The second kappa shape index (κ2) is 6.30. The molecule has 3 aromatic rings. The zero-order chi connectivity index (χ0) is 16.4. The number of hydrogen-bond donors (Lipinski definition) is 0. The molecule has 0 atom stereocenters. The van der Waals surface area contributed by atoms with Crippen LogP contribution in [0.4, 0.5) is 0 Å². The van der Waals surface area contributed by atoms with E-state index >= 15 is 0 Å². The number of fused-ring (bicyclic) bond motifs is 1. The maximum Gasteiger partial charge on any atom is 0.231 e. The fourth-order valence-corrected chi connectivity index (χ4v) is 2.36. The Morgan fingerprint density at radius 2 is 1.57 bits per heavy atom. The Morgan fingerprint density at radius 1 is 0.913 bits per heavy atom. The van der Waals surface area contributed by atoms with Crippen molar-refractivity contribution >= 4 is 22.5 Å². The largest absolute Gasteiger partial charge is 0.493 e. The summed E-state index contributed by atoms with van der Waals surface area (Å²) >= 11 is 6.01. The van der Waals surface area contributed by atoms with Crippen molar-refractivity contribution in [1.82, 2.24) is 9.97 Å². The Bertz CT molecular complexity index is 851. The summed E-state index contributed by atoms with van der Waals surface area (Å²) in [6, 6.07) is 11.2. The van der Waals surface area contributed by atoms with Crippen molar-refractivity contribution in [3.63, 3.8) is 0 Å². The Hall–Kier alpha value is -2.53. The lowest BCUT2D eigenvalue weighted by Crippen LogP contribution is -1.96. The molecule has 6 heteroatoms. The third-order valence-corrected chi connectivity index (χ3v) is 3.54. The molecule has 1 aromatic heterocycles. The van der Waals surface area contributed by atoms with E-state index in [1.807, 2.05) is 31.2 Å². The number of methoxy groups -OCH3 is 2. The third-order valence-electron chi connectivity index (χ3n) is 3.37. The Morgan fingerprint density at radius 3 is 2.22 bits per heavy atom. The second-order valence-corrected chi connectivity index (χ2v) is 5.28. The van der Waals surface area contributed by atoms with Gasteiger partial charge in [-0.2, -0.15) is 4.98 Å². The molecule has 0 aliphatic heterocycles. The molecule has 2 aromatic carbocycles. The summed E-state index contributed by atoms with van der Waals surface area (Å²) in [4.78, 5) is 8.40. The third kappa shape index (κ3) is 3.14. The minimum absolute atomic E-state index is 0.104. The predicted octanol–water partition coefficient (Wildman–Crippen LogP) is 4.40. The van der Waals surface area contributed by atoms with Crippen molar-refractivity contribution in [3.8, 4) is 23.1 Å². The molecule has 0 radical (unpaired) electrons. The molecule has 0 unspecified atom stereocenters. The smallest absolute Gasteiger partial charge is 0.231 e. The topological polar surface area (TPSA) is 53.5 Å². The van der Waals surface area contributed by atoms with Gasteiger partial charge >= 0.3 is 0 Å². The van der Waals surface area contributed by atoms with Gasteiger partial charge in [-0.05, 0) is 36.7 Å². The quantitative estimate of drug-likeness (QED) is 0.663. The molecule has 0 fully saturated rings. The standard InChI is InChI=1S/C17H15ClN2O3/c1-10-4-6-11(7-5-10)23-16-12-8-14(21-2)15(22-3)9-13(12)19-17(18)20-16/h4-9H,1-3H3. The van der Waals surface area contributed by atoms with Crippen LogP contribution in [0.2, 0.25) is 5.28 Å². The van der Waals surface area contributed by atoms with Crippen molar-refractivity contribution in [1.29, 1.82) is 0 Å². The minimum atomic E-state index is 0.104. The van der Waals surface area contributed by atoms with Gasteiger partial charge in [0.05, 0.1) is 25.1 Å². The van der Waals surface area contributed by atoms with Crippen LogP contribution in [0.15, 0.2) is 36.4 Å². The summed E-state index contributed by atoms with van der Waals surface area (Å²) in [5.41, 5.74) is 1.76. The summed E-state index contributed by atoms with van der Waals surface area (Å²) in [7, 11) is 3.14. The van der Waals surface area contributed by atoms with Crippen LogP contribution in [0.1, 0.15) is 5.56 Å². The first-order chi connectivity index (χ1) is 11.1. The van der Waals surface area contributed by atoms with Crippen molar-refractivity contribution in [3.05, 3.63) is 47.2 Å². The number of hydrogen-bond acceptors (Lipinski definition) is 5. The summed E-state index contributed by atoms with van der Waals surface area (Å²) in [6.45, 7) is 2.01. The van der Waals surface area contributed by atoms with Gasteiger partial charge in [0.15, 0.2) is 11.5 Å². The van der Waals surface area contributed by atoms with Gasteiger partial charge in [-0.1, -0.05) is 17.7 Å². The van der Waals surface area contributed by atoms with Gasteiger partial charge in [0.25, 0.3) is 0 Å². The predicted molar refractivity (Wildman–Crippen MR) is 88.9 cm³/mol. The molecule has 23 heavy (non-hydrogen) atoms. The number of halogens is 1. The number of aromatic nitrogens is 2. The van der Waals surface area contributed by atoms with Crippen LogP contribution >= 0.6 is 11.6 Å². The fraction of sp³-hybridized carbons (Fsp3) is 0.176. The van der Waals surface area contributed by atoms with Crippen molar-refractivity contribution < 1.29 is 14.2 Å². The van der Waals surface area contributed by atoms with Crippen LogP contribution < -0.4 is 14.2 Å². The molecule has 3 rings (SSSR count). The lowest BCUT2D eigenvalue weighted by Gasteiger charge is -2.12. The van der Waals surface area contributed by atoms with Gasteiger partial charge in [0.2, 0.25) is 11.2 Å². The minimum Gasteiger partial charge on any atom is -0.493 e. The van der Waals surface area contributed by atoms with E-state index in [0.29, 0.717) is 34.0 Å². The van der Waals surface area contributed by atoms with Crippen LogP contribution in [0.5, 0.6) is 23.1 Å². The van der Waals surface area contributed by atoms with Crippen LogP contribution in [0.25, 0.3) is 10.9 Å².